The molecule has 0 aliphatic rings. The van der Waals surface area contributed by atoms with Gasteiger partial charge in [-0.1, -0.05) is 41.9 Å². The van der Waals surface area contributed by atoms with Gasteiger partial charge in [-0.2, -0.15) is 4.37 Å². The number of hydrogen-bond donors (Lipinski definition) is 0. The molecular formula is C22H24ClN3OS. The first-order valence-corrected chi connectivity index (χ1v) is 10.3. The summed E-state index contributed by atoms with van der Waals surface area (Å²) in [6.45, 7) is 8.29. The van der Waals surface area contributed by atoms with E-state index in [9.17, 15) is 0 Å². The van der Waals surface area contributed by atoms with Gasteiger partial charge in [-0.15, -0.1) is 0 Å². The van der Waals surface area contributed by atoms with Gasteiger partial charge in [0, 0.05) is 30.2 Å². The Kier molecular flexibility index (Phi) is 6.37. The topological polar surface area (TPSA) is 37.7 Å². The molecule has 0 N–H and O–H groups in total. The van der Waals surface area contributed by atoms with Gasteiger partial charge in [0.15, 0.2) is 0 Å². The third kappa shape index (κ3) is 4.54. The molecule has 1 heterocycles. The molecule has 4 nitrogen and oxygen atoms in total. The molecule has 1 aromatic heterocycles. The Labute approximate surface area is 175 Å². The van der Waals surface area contributed by atoms with Gasteiger partial charge < -0.3 is 9.64 Å². The molecule has 0 atom stereocenters. The Morgan fingerprint density at radius 2 is 1.86 bits per heavy atom. The number of rotatable bonds is 6. The van der Waals surface area contributed by atoms with E-state index in [0.29, 0.717) is 16.1 Å². The van der Waals surface area contributed by atoms with Crippen molar-refractivity contribution in [2.45, 2.75) is 33.7 Å². The van der Waals surface area contributed by atoms with Gasteiger partial charge in [0.1, 0.15) is 16.5 Å². The molecule has 6 heteroatoms. The Hall–Kier alpha value is -2.37. The molecule has 0 saturated carbocycles. The molecule has 0 spiro atoms. The quantitative estimate of drug-likeness (QED) is 0.326. The average Bonchev–Trinajstić information content (AvgIpc) is 3.04. The highest BCUT2D eigenvalue weighted by molar-refractivity contribution is 7.08. The van der Waals surface area contributed by atoms with Gasteiger partial charge in [-0.05, 0) is 51.0 Å². The van der Waals surface area contributed by atoms with E-state index >= 15 is 0 Å². The molecule has 146 valence electrons. The van der Waals surface area contributed by atoms with E-state index in [4.69, 9.17) is 16.3 Å². The fraction of sp³-hybridized carbons (Fsp3) is 0.273. The minimum absolute atomic E-state index is 0.403. The summed E-state index contributed by atoms with van der Waals surface area (Å²) < 4.78 is 10.6. The van der Waals surface area contributed by atoms with E-state index < -0.39 is 0 Å². The third-order valence-electron chi connectivity index (χ3n) is 4.54. The van der Waals surface area contributed by atoms with Crippen LogP contribution in [-0.2, 0) is 0 Å². The fourth-order valence-electron chi connectivity index (χ4n) is 2.51. The van der Waals surface area contributed by atoms with Crippen LogP contribution in [-0.4, -0.2) is 28.7 Å². The zero-order valence-corrected chi connectivity index (χ0v) is 18.3. The standard InChI is InChI=1S/C22H24ClN3OS/c1-14(2)26(5)13-24-18-11-16(4)19(12-15(18)3)27-22-20(23)21(25-28-22)17-9-7-6-8-10-17/h6-14H,1-5H3. The molecule has 0 saturated heterocycles. The summed E-state index contributed by atoms with van der Waals surface area (Å²) in [6.07, 6.45) is 1.86. The number of hydrogen-bond acceptors (Lipinski definition) is 4. The van der Waals surface area contributed by atoms with Crippen LogP contribution < -0.4 is 4.74 Å². The highest BCUT2D eigenvalue weighted by Crippen LogP contribution is 2.42. The second-order valence-corrected chi connectivity index (χ2v) is 8.12. The minimum Gasteiger partial charge on any atom is -0.443 e. The summed E-state index contributed by atoms with van der Waals surface area (Å²) in [5.41, 5.74) is 4.69. The number of aryl methyl sites for hydroxylation is 2. The van der Waals surface area contributed by atoms with Crippen molar-refractivity contribution in [2.75, 3.05) is 7.05 Å². The predicted octanol–water partition coefficient (Wildman–Crippen LogP) is 6.87. The van der Waals surface area contributed by atoms with Gasteiger partial charge in [0.25, 0.3) is 0 Å². The van der Waals surface area contributed by atoms with Crippen LogP contribution in [0.15, 0.2) is 47.5 Å². The molecule has 2 aromatic carbocycles. The van der Waals surface area contributed by atoms with E-state index in [2.05, 4.69) is 28.1 Å². The van der Waals surface area contributed by atoms with E-state index in [1.165, 1.54) is 11.5 Å². The van der Waals surface area contributed by atoms with E-state index in [0.717, 1.165) is 33.8 Å². The third-order valence-corrected chi connectivity index (χ3v) is 5.73. The fourth-order valence-corrected chi connectivity index (χ4v) is 3.53. The number of ether oxygens (including phenoxy) is 1. The number of aliphatic imine (C=N–C) groups is 1. The van der Waals surface area contributed by atoms with Crippen LogP contribution in [0.2, 0.25) is 5.02 Å². The van der Waals surface area contributed by atoms with E-state index in [-0.39, 0.29) is 0 Å². The second-order valence-electron chi connectivity index (χ2n) is 7.01. The summed E-state index contributed by atoms with van der Waals surface area (Å²) in [6, 6.07) is 14.3. The molecule has 0 fully saturated rings. The van der Waals surface area contributed by atoms with Crippen molar-refractivity contribution in [2.24, 2.45) is 4.99 Å². The Bertz CT molecular complexity index is 983. The monoisotopic (exact) mass is 413 g/mol. The van der Waals surface area contributed by atoms with E-state index in [1.807, 2.05) is 69.7 Å². The lowest BCUT2D eigenvalue weighted by atomic mass is 10.1. The van der Waals surface area contributed by atoms with Crippen molar-refractivity contribution in [1.29, 1.82) is 0 Å². The molecule has 0 bridgehead atoms. The predicted molar refractivity (Wildman–Crippen MR) is 120 cm³/mol. The molecule has 3 rings (SSSR count). The number of aromatic nitrogens is 1. The largest absolute Gasteiger partial charge is 0.443 e. The highest BCUT2D eigenvalue weighted by atomic mass is 35.5. The van der Waals surface area contributed by atoms with Crippen molar-refractivity contribution in [3.63, 3.8) is 0 Å². The molecule has 0 amide bonds. The Morgan fingerprint density at radius 1 is 1.14 bits per heavy atom. The zero-order chi connectivity index (χ0) is 20.3. The molecule has 28 heavy (non-hydrogen) atoms. The van der Waals surface area contributed by atoms with Crippen LogP contribution in [0.5, 0.6) is 10.8 Å². The van der Waals surface area contributed by atoms with Crippen molar-refractivity contribution >= 4 is 35.2 Å². The number of nitrogens with zero attached hydrogens (tertiary/aromatic N) is 3. The lowest BCUT2D eigenvalue weighted by molar-refractivity contribution is 0.429. The molecule has 0 aliphatic carbocycles. The van der Waals surface area contributed by atoms with Crippen molar-refractivity contribution < 1.29 is 4.74 Å². The Balaban J connectivity index is 1.84. The van der Waals surface area contributed by atoms with Crippen LogP contribution in [0.4, 0.5) is 5.69 Å². The molecule has 0 aliphatic heterocycles. The summed E-state index contributed by atoms with van der Waals surface area (Å²) in [5.74, 6) is 0.763. The van der Waals surface area contributed by atoms with Crippen LogP contribution in [0.1, 0.15) is 25.0 Å². The summed E-state index contributed by atoms with van der Waals surface area (Å²) in [7, 11) is 2.02. The van der Waals surface area contributed by atoms with Crippen LogP contribution in [0.3, 0.4) is 0 Å². The first kappa shape index (κ1) is 20.4. The van der Waals surface area contributed by atoms with Gasteiger partial charge in [-0.3, -0.25) is 0 Å². The normalized spacial score (nSPS) is 11.4. The van der Waals surface area contributed by atoms with Crippen LogP contribution in [0.25, 0.3) is 11.3 Å². The summed E-state index contributed by atoms with van der Waals surface area (Å²) in [5, 5.41) is 1.13. The molecule has 0 radical (unpaired) electrons. The maximum atomic E-state index is 6.54. The van der Waals surface area contributed by atoms with Gasteiger partial charge >= 0.3 is 0 Å². The van der Waals surface area contributed by atoms with Gasteiger partial charge in [0.2, 0.25) is 5.06 Å². The van der Waals surface area contributed by atoms with Gasteiger partial charge in [-0.25, -0.2) is 4.99 Å². The molecular weight excluding hydrogens is 390 g/mol. The van der Waals surface area contributed by atoms with Crippen LogP contribution >= 0.6 is 23.1 Å². The number of benzene rings is 2. The van der Waals surface area contributed by atoms with Crippen molar-refractivity contribution in [1.82, 2.24) is 9.27 Å². The smallest absolute Gasteiger partial charge is 0.219 e. The van der Waals surface area contributed by atoms with Gasteiger partial charge in [0.05, 0.1) is 12.0 Å². The maximum Gasteiger partial charge on any atom is 0.219 e. The second kappa shape index (κ2) is 8.76. The SMILES string of the molecule is Cc1cc(Oc2snc(-c3ccccc3)c2Cl)c(C)cc1N=CN(C)C(C)C. The zero-order valence-electron chi connectivity index (χ0n) is 16.7. The summed E-state index contributed by atoms with van der Waals surface area (Å²) >= 11 is 7.80. The molecule has 3 aromatic rings. The summed E-state index contributed by atoms with van der Waals surface area (Å²) in [4.78, 5) is 6.68. The maximum absolute atomic E-state index is 6.54. The average molecular weight is 414 g/mol. The lowest BCUT2D eigenvalue weighted by Crippen LogP contribution is -2.24. The van der Waals surface area contributed by atoms with Crippen molar-refractivity contribution in [3.8, 4) is 22.1 Å². The number of halogens is 1. The van der Waals surface area contributed by atoms with Crippen LogP contribution in [0, 0.1) is 13.8 Å². The lowest BCUT2D eigenvalue weighted by Gasteiger charge is -2.17. The molecule has 0 unspecified atom stereocenters. The Morgan fingerprint density at radius 3 is 2.54 bits per heavy atom. The minimum atomic E-state index is 0.403. The van der Waals surface area contributed by atoms with Crippen molar-refractivity contribution in [3.05, 3.63) is 58.6 Å². The first-order chi connectivity index (χ1) is 13.4. The highest BCUT2D eigenvalue weighted by Gasteiger charge is 2.16. The first-order valence-electron chi connectivity index (χ1n) is 9.12. The van der Waals surface area contributed by atoms with E-state index in [1.54, 1.807) is 0 Å².